The summed E-state index contributed by atoms with van der Waals surface area (Å²) < 4.78 is 11.5. The lowest BCUT2D eigenvalue weighted by Gasteiger charge is -2.48. The summed E-state index contributed by atoms with van der Waals surface area (Å²) in [4.78, 5) is 33.7. The van der Waals surface area contributed by atoms with Crippen LogP contribution >= 0.6 is 7.60 Å². The van der Waals surface area contributed by atoms with Crippen molar-refractivity contribution < 1.29 is 29.4 Å². The number of phenols is 1. The molecule has 1 heterocycles. The van der Waals surface area contributed by atoms with Gasteiger partial charge in [0.05, 0.1) is 23.4 Å². The van der Waals surface area contributed by atoms with E-state index in [1.54, 1.807) is 29.2 Å². The lowest BCUT2D eigenvalue weighted by Crippen LogP contribution is -2.55. The average Bonchev–Trinajstić information content (AvgIpc) is 2.92. The molecule has 7 nitrogen and oxygen atoms in total. The molecular weight excluding hydrogens is 501 g/mol. The summed E-state index contributed by atoms with van der Waals surface area (Å²) in [7, 11) is -4.34. The molecule has 5 rings (SSSR count). The van der Waals surface area contributed by atoms with Crippen LogP contribution in [0.5, 0.6) is 5.75 Å². The number of carbonyl (C=O) groups is 1. The maximum absolute atomic E-state index is 13.3. The first-order valence-corrected chi connectivity index (χ1v) is 14.0. The third kappa shape index (κ3) is 5.15. The van der Waals surface area contributed by atoms with Gasteiger partial charge in [0.1, 0.15) is 5.75 Å². The summed E-state index contributed by atoms with van der Waals surface area (Å²) in [6.45, 7) is 0. The van der Waals surface area contributed by atoms with Gasteiger partial charge in [-0.15, -0.1) is 0 Å². The monoisotopic (exact) mass is 529 g/mol. The van der Waals surface area contributed by atoms with Crippen LogP contribution in [0, 0.1) is 5.92 Å². The highest BCUT2D eigenvalue weighted by Crippen LogP contribution is 2.49. The fraction of sp³-hybridized carbons (Fsp3) is 0.167. The van der Waals surface area contributed by atoms with Crippen LogP contribution in [0.2, 0.25) is 0 Å². The van der Waals surface area contributed by atoms with Crippen LogP contribution in [0.1, 0.15) is 36.1 Å². The average molecular weight is 530 g/mol. The van der Waals surface area contributed by atoms with Gasteiger partial charge >= 0.3 is 7.60 Å². The van der Waals surface area contributed by atoms with Gasteiger partial charge in [0, 0.05) is 11.3 Å². The van der Waals surface area contributed by atoms with Gasteiger partial charge in [0.25, 0.3) is 0 Å². The van der Waals surface area contributed by atoms with Crippen LogP contribution in [0.3, 0.4) is 0 Å². The first-order valence-electron chi connectivity index (χ1n) is 12.3. The van der Waals surface area contributed by atoms with Gasteiger partial charge in [-0.25, -0.2) is 0 Å². The molecule has 1 amide bonds. The Labute approximate surface area is 220 Å². The Morgan fingerprint density at radius 2 is 1.42 bits per heavy atom. The number of hydrogen-bond acceptors (Lipinski definition) is 4. The van der Waals surface area contributed by atoms with E-state index in [9.17, 15) is 29.4 Å². The predicted octanol–water partition coefficient (Wildman–Crippen LogP) is 5.08. The van der Waals surface area contributed by atoms with Gasteiger partial charge in [-0.2, -0.15) is 0 Å². The Morgan fingerprint density at radius 3 is 2.03 bits per heavy atom. The van der Waals surface area contributed by atoms with Crippen LogP contribution < -0.4 is 10.2 Å². The number of carbonyl (C=O) groups excluding carboxylic acids is 1. The topological polar surface area (TPSA) is 118 Å². The molecule has 3 unspecified atom stereocenters. The van der Waals surface area contributed by atoms with Gasteiger partial charge in [-0.05, 0) is 59.9 Å². The van der Waals surface area contributed by atoms with E-state index >= 15 is 0 Å². The SMILES string of the molecule is O=C1C(CCC(O)c2ccccc2)C(c2ccc(-c3ccc(P(=O)(O)O)cc3)cc2O)N1c1ccccc1. The van der Waals surface area contributed by atoms with Gasteiger partial charge in [0.2, 0.25) is 5.91 Å². The maximum atomic E-state index is 13.3. The fourth-order valence-corrected chi connectivity index (χ4v) is 5.60. The van der Waals surface area contributed by atoms with Crippen LogP contribution in [0.4, 0.5) is 5.69 Å². The molecule has 1 aliphatic heterocycles. The number of para-hydroxylation sites is 1. The highest BCUT2D eigenvalue weighted by molar-refractivity contribution is 7.60. The number of β-lactam (4-membered cyclic amide) rings is 1. The van der Waals surface area contributed by atoms with E-state index in [0.717, 1.165) is 11.3 Å². The molecule has 1 aliphatic rings. The third-order valence-electron chi connectivity index (χ3n) is 7.07. The zero-order valence-electron chi connectivity index (χ0n) is 20.5. The van der Waals surface area contributed by atoms with Crippen LogP contribution in [-0.2, 0) is 9.36 Å². The highest BCUT2D eigenvalue weighted by atomic mass is 31.2. The molecule has 4 N–H and O–H groups in total. The summed E-state index contributed by atoms with van der Waals surface area (Å²) in [6, 6.07) is 29.4. The first kappa shape index (κ1) is 25.9. The summed E-state index contributed by atoms with van der Waals surface area (Å²) in [5, 5.41) is 21.7. The largest absolute Gasteiger partial charge is 0.508 e. The summed E-state index contributed by atoms with van der Waals surface area (Å²) in [6.07, 6.45) is 0.167. The lowest BCUT2D eigenvalue weighted by atomic mass is 9.77. The summed E-state index contributed by atoms with van der Waals surface area (Å²) in [5.74, 6) is -0.445. The summed E-state index contributed by atoms with van der Waals surface area (Å²) >= 11 is 0. The molecule has 38 heavy (non-hydrogen) atoms. The van der Waals surface area contributed by atoms with Crippen molar-refractivity contribution in [2.75, 3.05) is 4.90 Å². The molecular formula is C30H28NO6P. The molecule has 0 bridgehead atoms. The molecule has 1 saturated heterocycles. The Morgan fingerprint density at radius 1 is 0.816 bits per heavy atom. The molecule has 4 aromatic carbocycles. The van der Waals surface area contributed by atoms with E-state index < -0.39 is 25.7 Å². The Hall–Kier alpha value is -3.74. The van der Waals surface area contributed by atoms with Gasteiger partial charge < -0.3 is 24.9 Å². The van der Waals surface area contributed by atoms with Crippen molar-refractivity contribution in [2.45, 2.75) is 25.0 Å². The summed E-state index contributed by atoms with van der Waals surface area (Å²) in [5.41, 5.74) is 3.50. The molecule has 1 fully saturated rings. The van der Waals surface area contributed by atoms with Gasteiger partial charge in [0.15, 0.2) is 0 Å². The molecule has 0 saturated carbocycles. The minimum atomic E-state index is -4.34. The Bertz CT molecular complexity index is 1470. The number of phenolic OH excluding ortho intramolecular Hbond substituents is 1. The normalized spacial score (nSPS) is 18.2. The smallest absolute Gasteiger partial charge is 0.356 e. The number of rotatable bonds is 8. The van der Waals surface area contributed by atoms with Crippen molar-refractivity contribution in [1.29, 1.82) is 0 Å². The van der Waals surface area contributed by atoms with E-state index in [1.807, 2.05) is 66.7 Å². The Balaban J connectivity index is 1.42. The minimum absolute atomic E-state index is 0.0219. The first-order chi connectivity index (χ1) is 18.2. The van der Waals surface area contributed by atoms with Crippen molar-refractivity contribution in [2.24, 2.45) is 5.92 Å². The maximum Gasteiger partial charge on any atom is 0.356 e. The second kappa shape index (κ2) is 10.6. The van der Waals surface area contributed by atoms with Crippen molar-refractivity contribution >= 4 is 24.5 Å². The number of anilines is 1. The zero-order chi connectivity index (χ0) is 26.9. The number of aliphatic hydroxyl groups is 1. The highest BCUT2D eigenvalue weighted by Gasteiger charge is 2.49. The number of amides is 1. The van der Waals surface area contributed by atoms with E-state index in [4.69, 9.17) is 0 Å². The van der Waals surface area contributed by atoms with E-state index in [0.29, 0.717) is 29.5 Å². The van der Waals surface area contributed by atoms with Crippen molar-refractivity contribution in [3.05, 3.63) is 114 Å². The minimum Gasteiger partial charge on any atom is -0.508 e. The van der Waals surface area contributed by atoms with Crippen molar-refractivity contribution in [3.63, 3.8) is 0 Å². The second-order valence-corrected chi connectivity index (χ2v) is 11.1. The van der Waals surface area contributed by atoms with Crippen LogP contribution in [-0.4, -0.2) is 25.9 Å². The molecule has 0 radical (unpaired) electrons. The Kier molecular flexibility index (Phi) is 7.19. The molecule has 3 atom stereocenters. The number of hydrogen-bond donors (Lipinski definition) is 4. The van der Waals surface area contributed by atoms with Gasteiger partial charge in [-0.1, -0.05) is 72.8 Å². The number of benzene rings is 4. The van der Waals surface area contributed by atoms with Crippen molar-refractivity contribution in [1.82, 2.24) is 0 Å². The molecule has 8 heteroatoms. The molecule has 194 valence electrons. The van der Waals surface area contributed by atoms with Crippen LogP contribution in [0.15, 0.2) is 103 Å². The predicted molar refractivity (Wildman–Crippen MR) is 146 cm³/mol. The standard InChI is InChI=1S/C30H28NO6P/c32-27(21-7-3-1-4-8-21)18-17-26-29(31(30(26)34)23-9-5-2-6-10-23)25-16-13-22(19-28(25)33)20-11-14-24(15-12-20)38(35,36)37/h1-16,19,26-27,29,32-33H,17-18H2,(H2,35,36,37). The number of aliphatic hydroxyl groups excluding tert-OH is 1. The molecule has 4 aromatic rings. The van der Waals surface area contributed by atoms with Crippen molar-refractivity contribution in [3.8, 4) is 16.9 Å². The van der Waals surface area contributed by atoms with E-state index in [-0.39, 0.29) is 17.0 Å². The fourth-order valence-electron chi connectivity index (χ4n) is 5.06. The second-order valence-electron chi connectivity index (χ2n) is 9.46. The quantitative estimate of drug-likeness (QED) is 0.187. The van der Waals surface area contributed by atoms with E-state index in [2.05, 4.69) is 0 Å². The molecule has 0 aliphatic carbocycles. The van der Waals surface area contributed by atoms with Crippen LogP contribution in [0.25, 0.3) is 11.1 Å². The molecule has 0 aromatic heterocycles. The van der Waals surface area contributed by atoms with E-state index in [1.165, 1.54) is 12.1 Å². The number of aromatic hydroxyl groups is 1. The lowest BCUT2D eigenvalue weighted by molar-refractivity contribution is -0.131. The third-order valence-corrected chi connectivity index (χ3v) is 8.04. The number of nitrogens with zero attached hydrogens (tertiary/aromatic N) is 1. The molecule has 0 spiro atoms. The van der Waals surface area contributed by atoms with Gasteiger partial charge in [-0.3, -0.25) is 9.36 Å². The zero-order valence-corrected chi connectivity index (χ0v) is 21.4.